The second-order valence-electron chi connectivity index (χ2n) is 5.91. The molecule has 0 fully saturated rings. The van der Waals surface area contributed by atoms with Crippen LogP contribution in [-0.4, -0.2) is 68.3 Å². The predicted molar refractivity (Wildman–Crippen MR) is 124 cm³/mol. The van der Waals surface area contributed by atoms with E-state index in [1.54, 1.807) is 14.2 Å². The molecule has 9 nitrogen and oxygen atoms in total. The Morgan fingerprint density at radius 1 is 1.10 bits per heavy atom. The van der Waals surface area contributed by atoms with Crippen LogP contribution in [0.15, 0.2) is 29.3 Å². The Labute approximate surface area is 189 Å². The third-order valence-corrected chi connectivity index (χ3v) is 3.80. The van der Waals surface area contributed by atoms with Gasteiger partial charge in [-0.25, -0.2) is 9.98 Å². The number of hydrogen-bond acceptors (Lipinski definition) is 6. The molecule has 0 spiro atoms. The van der Waals surface area contributed by atoms with E-state index in [1.165, 1.54) is 0 Å². The Balaban J connectivity index is 0.00000420. The van der Waals surface area contributed by atoms with Crippen LogP contribution in [0.4, 0.5) is 0 Å². The van der Waals surface area contributed by atoms with Gasteiger partial charge in [0.05, 0.1) is 20.3 Å². The second-order valence-corrected chi connectivity index (χ2v) is 5.91. The summed E-state index contributed by atoms with van der Waals surface area (Å²) in [6.45, 7) is 5.91. The van der Waals surface area contributed by atoms with E-state index in [4.69, 9.17) is 14.2 Å². The van der Waals surface area contributed by atoms with Gasteiger partial charge >= 0.3 is 0 Å². The van der Waals surface area contributed by atoms with Gasteiger partial charge in [0.2, 0.25) is 0 Å². The second kappa shape index (κ2) is 15.0. The molecule has 162 valence electrons. The average molecular weight is 518 g/mol. The monoisotopic (exact) mass is 518 g/mol. The largest absolute Gasteiger partial charge is 0.497 e. The van der Waals surface area contributed by atoms with E-state index in [-0.39, 0.29) is 24.0 Å². The van der Waals surface area contributed by atoms with Crippen LogP contribution in [0.3, 0.4) is 0 Å². The molecule has 0 saturated carbocycles. The summed E-state index contributed by atoms with van der Waals surface area (Å²) in [5, 5.41) is 13.7. The maximum absolute atomic E-state index is 5.45. The molecule has 0 radical (unpaired) electrons. The van der Waals surface area contributed by atoms with Crippen LogP contribution in [0.1, 0.15) is 19.2 Å². The number of halogens is 1. The van der Waals surface area contributed by atoms with Gasteiger partial charge in [-0.3, -0.25) is 5.10 Å². The summed E-state index contributed by atoms with van der Waals surface area (Å²) in [6.07, 6.45) is 0.887. The summed E-state index contributed by atoms with van der Waals surface area (Å²) < 4.78 is 15.6. The molecule has 0 aliphatic carbocycles. The fourth-order valence-corrected chi connectivity index (χ4v) is 2.36. The Hall–Kier alpha value is -1.92. The van der Waals surface area contributed by atoms with Crippen molar-refractivity contribution in [3.63, 3.8) is 0 Å². The third-order valence-electron chi connectivity index (χ3n) is 3.80. The number of hydrogen-bond donors (Lipinski definition) is 3. The number of aromatic amines is 1. The van der Waals surface area contributed by atoms with Gasteiger partial charge in [-0.2, -0.15) is 5.10 Å². The predicted octanol–water partition coefficient (Wildman–Crippen LogP) is 2.21. The lowest BCUT2D eigenvalue weighted by atomic mass is 10.2. The standard InChI is InChI=1S/C19H30N6O3.HI/c1-4-20-19(21-10-5-11-28-13-12-26-2)22-14-17-23-18(25-24-17)15-6-8-16(27-3)9-7-15;/h6-9H,4-5,10-14H2,1-3H3,(H2,20,21,22)(H,23,24,25);1H. The molecule has 3 N–H and O–H groups in total. The number of nitrogens with one attached hydrogen (secondary N) is 3. The minimum Gasteiger partial charge on any atom is -0.497 e. The van der Waals surface area contributed by atoms with Gasteiger partial charge in [0, 0.05) is 32.4 Å². The van der Waals surface area contributed by atoms with E-state index >= 15 is 0 Å². The number of aliphatic imine (C=N–C) groups is 1. The van der Waals surface area contributed by atoms with Gasteiger partial charge in [0.1, 0.15) is 18.1 Å². The summed E-state index contributed by atoms with van der Waals surface area (Å²) in [5.74, 6) is 2.88. The Bertz CT molecular complexity index is 708. The lowest BCUT2D eigenvalue weighted by molar-refractivity contribution is 0.0698. The zero-order valence-corrected chi connectivity index (χ0v) is 19.6. The Kier molecular flexibility index (Phi) is 13.0. The van der Waals surface area contributed by atoms with E-state index < -0.39 is 0 Å². The van der Waals surface area contributed by atoms with Gasteiger partial charge in [-0.1, -0.05) is 0 Å². The van der Waals surface area contributed by atoms with Crippen LogP contribution in [0.25, 0.3) is 11.4 Å². The number of aromatic nitrogens is 3. The van der Waals surface area contributed by atoms with Crippen LogP contribution < -0.4 is 15.4 Å². The SMILES string of the molecule is CCNC(=NCc1nc(-c2ccc(OC)cc2)n[nH]1)NCCCOCCOC.I. The van der Waals surface area contributed by atoms with Gasteiger partial charge in [-0.05, 0) is 37.6 Å². The van der Waals surface area contributed by atoms with Gasteiger partial charge in [-0.15, -0.1) is 24.0 Å². The average Bonchev–Trinajstić information content (AvgIpc) is 3.20. The van der Waals surface area contributed by atoms with Crippen molar-refractivity contribution in [3.8, 4) is 17.1 Å². The number of methoxy groups -OCH3 is 2. The van der Waals surface area contributed by atoms with Crippen LogP contribution in [0.2, 0.25) is 0 Å². The summed E-state index contributed by atoms with van der Waals surface area (Å²) in [5.41, 5.74) is 0.922. The number of guanidine groups is 1. The number of H-pyrrole nitrogens is 1. The van der Waals surface area contributed by atoms with E-state index in [2.05, 4.69) is 30.8 Å². The van der Waals surface area contributed by atoms with Crippen molar-refractivity contribution < 1.29 is 14.2 Å². The van der Waals surface area contributed by atoms with Crippen LogP contribution in [0.5, 0.6) is 5.75 Å². The zero-order chi connectivity index (χ0) is 20.0. The number of nitrogens with zero attached hydrogens (tertiary/aromatic N) is 3. The molecule has 0 atom stereocenters. The lowest BCUT2D eigenvalue weighted by Crippen LogP contribution is -2.38. The van der Waals surface area contributed by atoms with E-state index in [1.807, 2.05) is 31.2 Å². The number of rotatable bonds is 12. The molecule has 2 rings (SSSR count). The summed E-state index contributed by atoms with van der Waals surface area (Å²) in [4.78, 5) is 9.05. The minimum absolute atomic E-state index is 0. The highest BCUT2D eigenvalue weighted by atomic mass is 127. The van der Waals surface area contributed by atoms with Gasteiger partial charge in [0.25, 0.3) is 0 Å². The molecule has 1 aromatic carbocycles. The highest BCUT2D eigenvalue weighted by Gasteiger charge is 2.06. The van der Waals surface area contributed by atoms with E-state index in [0.29, 0.717) is 38.0 Å². The van der Waals surface area contributed by atoms with E-state index in [0.717, 1.165) is 36.8 Å². The first-order valence-corrected chi connectivity index (χ1v) is 9.41. The smallest absolute Gasteiger partial charge is 0.191 e. The van der Waals surface area contributed by atoms with Crippen LogP contribution >= 0.6 is 24.0 Å². The van der Waals surface area contributed by atoms with Crippen molar-refractivity contribution in [2.24, 2.45) is 4.99 Å². The molecule has 1 heterocycles. The first-order valence-electron chi connectivity index (χ1n) is 9.41. The van der Waals surface area contributed by atoms with Crippen molar-refractivity contribution in [2.45, 2.75) is 19.9 Å². The molecule has 0 amide bonds. The molecule has 29 heavy (non-hydrogen) atoms. The molecule has 0 aliphatic rings. The first-order chi connectivity index (χ1) is 13.8. The molecule has 0 aliphatic heterocycles. The minimum atomic E-state index is 0. The molecule has 1 aromatic heterocycles. The molecule has 10 heteroatoms. The Morgan fingerprint density at radius 2 is 1.90 bits per heavy atom. The van der Waals surface area contributed by atoms with Crippen LogP contribution in [0, 0.1) is 0 Å². The van der Waals surface area contributed by atoms with Crippen molar-refractivity contribution in [1.29, 1.82) is 0 Å². The molecule has 0 bridgehead atoms. The molecule has 0 saturated heterocycles. The molecular formula is C19H31IN6O3. The fraction of sp³-hybridized carbons (Fsp3) is 0.526. The molecule has 2 aromatic rings. The lowest BCUT2D eigenvalue weighted by Gasteiger charge is -2.11. The van der Waals surface area contributed by atoms with Crippen molar-refractivity contribution >= 4 is 29.9 Å². The highest BCUT2D eigenvalue weighted by Crippen LogP contribution is 2.18. The van der Waals surface area contributed by atoms with Gasteiger partial charge < -0.3 is 24.8 Å². The highest BCUT2D eigenvalue weighted by molar-refractivity contribution is 14.0. The van der Waals surface area contributed by atoms with Crippen molar-refractivity contribution in [2.75, 3.05) is 47.1 Å². The maximum atomic E-state index is 5.45. The number of ether oxygens (including phenoxy) is 3. The van der Waals surface area contributed by atoms with Crippen molar-refractivity contribution in [1.82, 2.24) is 25.8 Å². The van der Waals surface area contributed by atoms with Crippen LogP contribution in [-0.2, 0) is 16.0 Å². The van der Waals surface area contributed by atoms with E-state index in [9.17, 15) is 0 Å². The molecular weight excluding hydrogens is 487 g/mol. The zero-order valence-electron chi connectivity index (χ0n) is 17.2. The summed E-state index contributed by atoms with van der Waals surface area (Å²) in [7, 11) is 3.31. The summed E-state index contributed by atoms with van der Waals surface area (Å²) in [6, 6.07) is 7.62. The quantitative estimate of drug-likeness (QED) is 0.171. The third kappa shape index (κ3) is 9.41. The molecule has 0 unspecified atom stereocenters. The van der Waals surface area contributed by atoms with Crippen molar-refractivity contribution in [3.05, 3.63) is 30.1 Å². The maximum Gasteiger partial charge on any atom is 0.191 e. The normalized spacial score (nSPS) is 11.1. The fourth-order valence-electron chi connectivity index (χ4n) is 2.36. The first kappa shape index (κ1) is 25.1. The Morgan fingerprint density at radius 3 is 2.59 bits per heavy atom. The topological polar surface area (TPSA) is 106 Å². The number of benzene rings is 1. The summed E-state index contributed by atoms with van der Waals surface area (Å²) >= 11 is 0. The van der Waals surface area contributed by atoms with Gasteiger partial charge in [0.15, 0.2) is 11.8 Å².